The van der Waals surface area contributed by atoms with Crippen molar-refractivity contribution in [2.75, 3.05) is 11.4 Å². The lowest BCUT2D eigenvalue weighted by Crippen LogP contribution is -2.29. The number of aliphatic hydroxyl groups excluding tert-OH is 1. The molecule has 14 heteroatoms. The summed E-state index contributed by atoms with van der Waals surface area (Å²) in [5.41, 5.74) is -1.85. The van der Waals surface area contributed by atoms with Crippen molar-refractivity contribution in [3.63, 3.8) is 0 Å². The van der Waals surface area contributed by atoms with Gasteiger partial charge in [-0.25, -0.2) is 4.39 Å². The number of aliphatic hydroxyl groups is 1. The highest BCUT2D eigenvalue weighted by Crippen LogP contribution is 2.34. The average Bonchev–Trinajstić information content (AvgIpc) is 2.95. The van der Waals surface area contributed by atoms with Crippen LogP contribution >= 0.6 is 0 Å². The molecule has 0 bridgehead atoms. The Labute approximate surface area is 250 Å². The Morgan fingerprint density at radius 3 is 1.96 bits per heavy atom. The molecule has 0 amide bonds. The van der Waals surface area contributed by atoms with Crippen molar-refractivity contribution in [2.45, 2.75) is 38.0 Å². The van der Waals surface area contributed by atoms with Crippen LogP contribution in [0.4, 0.5) is 49.6 Å². The number of anilines is 1. The molecule has 0 radical (unpaired) electrons. The van der Waals surface area contributed by atoms with Crippen molar-refractivity contribution >= 4 is 5.69 Å². The molecule has 0 spiro atoms. The number of alkyl halides is 9. The molecule has 0 saturated carbocycles. The van der Waals surface area contributed by atoms with Crippen LogP contribution in [0.5, 0.6) is 11.5 Å². The Balaban J connectivity index is 1.60. The number of halogens is 10. The molecule has 4 rings (SSSR count). The van der Waals surface area contributed by atoms with E-state index in [0.717, 1.165) is 36.4 Å². The van der Waals surface area contributed by atoms with Crippen LogP contribution in [0.15, 0.2) is 91.0 Å². The van der Waals surface area contributed by atoms with Crippen LogP contribution < -0.4 is 14.4 Å². The van der Waals surface area contributed by atoms with Gasteiger partial charge in [0.2, 0.25) is 0 Å². The summed E-state index contributed by atoms with van der Waals surface area (Å²) < 4.78 is 141. The Bertz CT molecular complexity index is 1580. The van der Waals surface area contributed by atoms with Gasteiger partial charge in [-0.1, -0.05) is 30.3 Å². The summed E-state index contributed by atoms with van der Waals surface area (Å²) >= 11 is 0. The first kappa shape index (κ1) is 33.4. The zero-order valence-corrected chi connectivity index (χ0v) is 22.8. The zero-order chi connectivity index (χ0) is 33.0. The van der Waals surface area contributed by atoms with Gasteiger partial charge in [-0.2, -0.15) is 26.3 Å². The molecule has 0 aliphatic heterocycles. The number of hydrogen-bond acceptors (Lipinski definition) is 4. The van der Waals surface area contributed by atoms with Crippen molar-refractivity contribution in [2.24, 2.45) is 0 Å². The van der Waals surface area contributed by atoms with E-state index in [2.05, 4.69) is 4.74 Å². The predicted molar refractivity (Wildman–Crippen MR) is 143 cm³/mol. The molecule has 0 aromatic heterocycles. The van der Waals surface area contributed by atoms with Gasteiger partial charge in [0.15, 0.2) is 0 Å². The molecule has 4 aromatic rings. The summed E-state index contributed by atoms with van der Waals surface area (Å²) in [7, 11) is 0. The van der Waals surface area contributed by atoms with Gasteiger partial charge >= 0.3 is 18.7 Å². The second-order valence-corrected chi connectivity index (χ2v) is 9.80. The third kappa shape index (κ3) is 9.51. The lowest BCUT2D eigenvalue weighted by atomic mass is 10.0. The van der Waals surface area contributed by atoms with Gasteiger partial charge in [0.05, 0.1) is 17.2 Å². The number of nitrogens with zero attached hydrogens (tertiary/aromatic N) is 1. The first-order valence-corrected chi connectivity index (χ1v) is 13.0. The lowest BCUT2D eigenvalue weighted by Gasteiger charge is -2.28. The van der Waals surface area contributed by atoms with Crippen molar-refractivity contribution in [3.05, 3.63) is 125 Å². The molecule has 0 aliphatic carbocycles. The van der Waals surface area contributed by atoms with E-state index < -0.39 is 54.1 Å². The summed E-state index contributed by atoms with van der Waals surface area (Å²) in [6.07, 6.45) is -15.8. The Kier molecular flexibility index (Phi) is 9.86. The fourth-order valence-corrected chi connectivity index (χ4v) is 4.32. The molecule has 45 heavy (non-hydrogen) atoms. The van der Waals surface area contributed by atoms with E-state index in [0.29, 0.717) is 23.8 Å². The third-order valence-electron chi connectivity index (χ3n) is 6.47. The Morgan fingerprint density at radius 2 is 1.31 bits per heavy atom. The fourth-order valence-electron chi connectivity index (χ4n) is 4.32. The number of hydrogen-bond donors (Lipinski definition) is 1. The van der Waals surface area contributed by atoms with Crippen LogP contribution in [0.25, 0.3) is 0 Å². The van der Waals surface area contributed by atoms with Gasteiger partial charge in [0.25, 0.3) is 0 Å². The van der Waals surface area contributed by atoms with Gasteiger partial charge in [-0.15, -0.1) is 13.2 Å². The fraction of sp³-hybridized carbons (Fsp3) is 0.226. The minimum Gasteiger partial charge on any atom is -0.489 e. The van der Waals surface area contributed by atoms with E-state index in [9.17, 15) is 49.0 Å². The van der Waals surface area contributed by atoms with E-state index in [4.69, 9.17) is 4.74 Å². The standard InChI is InChI=1S/C31H23F10NO3/c32-27-12-11-23(30(36,37)38)14-21(27)16-42(17-28(43)20-7-9-22(10-8-20)29(33,34)35)24-4-2-5-25(15-24)44-18-19-3-1-6-26(13-19)45-31(39,40)41/h1-15,28,43H,16-18H2. The van der Waals surface area contributed by atoms with E-state index in [1.165, 1.54) is 41.3 Å². The number of ether oxygens (including phenoxy) is 2. The van der Waals surface area contributed by atoms with Crippen LogP contribution in [-0.2, 0) is 25.5 Å². The van der Waals surface area contributed by atoms with Gasteiger partial charge in [-0.05, 0) is 65.7 Å². The number of rotatable bonds is 10. The van der Waals surface area contributed by atoms with Crippen molar-refractivity contribution < 1.29 is 58.5 Å². The predicted octanol–water partition coefficient (Wildman–Crippen LogP) is 9.08. The zero-order valence-electron chi connectivity index (χ0n) is 22.8. The largest absolute Gasteiger partial charge is 0.573 e. The van der Waals surface area contributed by atoms with Crippen LogP contribution in [0.3, 0.4) is 0 Å². The topological polar surface area (TPSA) is 41.9 Å². The van der Waals surface area contributed by atoms with E-state index in [-0.39, 0.29) is 35.7 Å². The molecular formula is C31H23F10NO3. The summed E-state index contributed by atoms with van der Waals surface area (Å²) in [4.78, 5) is 1.31. The van der Waals surface area contributed by atoms with Gasteiger partial charge in [-0.3, -0.25) is 0 Å². The van der Waals surface area contributed by atoms with E-state index >= 15 is 0 Å². The molecule has 1 atom stereocenters. The normalized spacial score (nSPS) is 13.0. The minimum atomic E-state index is -4.90. The van der Waals surface area contributed by atoms with Crippen molar-refractivity contribution in [1.82, 2.24) is 0 Å². The van der Waals surface area contributed by atoms with Crippen molar-refractivity contribution in [3.8, 4) is 11.5 Å². The monoisotopic (exact) mass is 647 g/mol. The first-order chi connectivity index (χ1) is 21.0. The summed E-state index contributed by atoms with van der Waals surface area (Å²) in [5.74, 6) is -1.28. The summed E-state index contributed by atoms with van der Waals surface area (Å²) in [5, 5.41) is 10.9. The second-order valence-electron chi connectivity index (χ2n) is 9.80. The third-order valence-corrected chi connectivity index (χ3v) is 6.47. The summed E-state index contributed by atoms with van der Waals surface area (Å²) in [6, 6.07) is 16.3. The van der Waals surface area contributed by atoms with Crippen LogP contribution in [0.2, 0.25) is 0 Å². The molecule has 4 aromatic carbocycles. The maximum absolute atomic E-state index is 14.7. The Morgan fingerprint density at radius 1 is 0.689 bits per heavy atom. The number of benzene rings is 4. The quantitative estimate of drug-likeness (QED) is 0.175. The van der Waals surface area contributed by atoms with Crippen LogP contribution in [0.1, 0.15) is 33.9 Å². The molecule has 1 N–H and O–H groups in total. The highest BCUT2D eigenvalue weighted by molar-refractivity contribution is 5.52. The lowest BCUT2D eigenvalue weighted by molar-refractivity contribution is -0.274. The molecule has 0 fully saturated rings. The Hall–Kier alpha value is -4.46. The molecular weight excluding hydrogens is 624 g/mol. The first-order valence-electron chi connectivity index (χ1n) is 13.0. The summed E-state index contributed by atoms with van der Waals surface area (Å²) in [6.45, 7) is -1.09. The van der Waals surface area contributed by atoms with Gasteiger partial charge in [0, 0.05) is 30.4 Å². The highest BCUT2D eigenvalue weighted by atomic mass is 19.4. The van der Waals surface area contributed by atoms with E-state index in [1.807, 2.05) is 0 Å². The van der Waals surface area contributed by atoms with E-state index in [1.54, 1.807) is 0 Å². The molecule has 4 nitrogen and oxygen atoms in total. The van der Waals surface area contributed by atoms with Crippen LogP contribution in [0, 0.1) is 5.82 Å². The van der Waals surface area contributed by atoms with Crippen molar-refractivity contribution in [1.29, 1.82) is 0 Å². The highest BCUT2D eigenvalue weighted by Gasteiger charge is 2.33. The second kappa shape index (κ2) is 13.3. The molecule has 240 valence electrons. The smallest absolute Gasteiger partial charge is 0.489 e. The molecule has 0 heterocycles. The SMILES string of the molecule is OC(CN(Cc1cc(C(F)(F)F)ccc1F)c1cccc(OCc2cccc(OC(F)(F)F)c2)c1)c1ccc(C(F)(F)F)cc1. The maximum Gasteiger partial charge on any atom is 0.573 e. The average molecular weight is 648 g/mol. The molecule has 0 aliphatic rings. The minimum absolute atomic E-state index is 0.0610. The molecule has 1 unspecified atom stereocenters. The van der Waals surface area contributed by atoms with Gasteiger partial charge < -0.3 is 19.5 Å². The van der Waals surface area contributed by atoms with Crippen LogP contribution in [-0.4, -0.2) is 18.0 Å². The van der Waals surface area contributed by atoms with Gasteiger partial charge in [0.1, 0.15) is 23.9 Å². The molecule has 0 saturated heterocycles. The maximum atomic E-state index is 14.7.